The van der Waals surface area contributed by atoms with E-state index in [2.05, 4.69) is 107 Å². The Hall–Kier alpha value is -3.15. The van der Waals surface area contributed by atoms with Crippen molar-refractivity contribution < 1.29 is 4.79 Å². The van der Waals surface area contributed by atoms with E-state index in [1.165, 1.54) is 22.3 Å². The molecule has 2 heterocycles. The number of nitrogens with one attached hydrogen (secondary N) is 2. The van der Waals surface area contributed by atoms with E-state index in [0.717, 1.165) is 51.1 Å². The van der Waals surface area contributed by atoms with Crippen LogP contribution in [0.15, 0.2) is 78.9 Å². The van der Waals surface area contributed by atoms with Crippen LogP contribution in [0.25, 0.3) is 0 Å². The highest BCUT2D eigenvalue weighted by Gasteiger charge is 2.50. The van der Waals surface area contributed by atoms with E-state index in [0.29, 0.717) is 6.67 Å². The number of rotatable bonds is 8. The van der Waals surface area contributed by atoms with E-state index in [9.17, 15) is 4.79 Å². The lowest BCUT2D eigenvalue weighted by Gasteiger charge is -2.43. The van der Waals surface area contributed by atoms with Gasteiger partial charge in [-0.1, -0.05) is 72.3 Å². The molecule has 0 aromatic heterocycles. The third-order valence-electron chi connectivity index (χ3n) is 7.97. The Kier molecular flexibility index (Phi) is 7.40. The highest BCUT2D eigenvalue weighted by atomic mass is 16.2. The Morgan fingerprint density at radius 2 is 1.64 bits per heavy atom. The summed E-state index contributed by atoms with van der Waals surface area (Å²) in [5, 5.41) is 6.95. The number of aryl methyl sites for hydroxylation is 2. The summed E-state index contributed by atoms with van der Waals surface area (Å²) in [5.41, 5.74) is 6.00. The van der Waals surface area contributed by atoms with Gasteiger partial charge in [0.05, 0.1) is 12.7 Å². The quantitative estimate of drug-likeness (QED) is 0.453. The zero-order chi connectivity index (χ0) is 25.0. The molecule has 36 heavy (non-hydrogen) atoms. The topological polar surface area (TPSA) is 47.6 Å². The number of nitrogens with zero attached hydrogens (tertiary/aromatic N) is 2. The van der Waals surface area contributed by atoms with Crippen molar-refractivity contribution in [2.75, 3.05) is 37.7 Å². The van der Waals surface area contributed by atoms with Gasteiger partial charge < -0.3 is 20.4 Å². The van der Waals surface area contributed by atoms with E-state index >= 15 is 0 Å². The number of benzene rings is 3. The van der Waals surface area contributed by atoms with Crippen LogP contribution in [0.5, 0.6) is 0 Å². The average molecular weight is 483 g/mol. The second kappa shape index (κ2) is 10.9. The number of para-hydroxylation sites is 1. The van der Waals surface area contributed by atoms with Crippen LogP contribution in [-0.2, 0) is 4.79 Å². The second-order valence-electron chi connectivity index (χ2n) is 10.3. The molecule has 5 heteroatoms. The van der Waals surface area contributed by atoms with Crippen molar-refractivity contribution in [1.29, 1.82) is 0 Å². The first-order chi connectivity index (χ1) is 17.6. The van der Waals surface area contributed by atoms with Gasteiger partial charge in [-0.2, -0.15) is 0 Å². The Bertz CT molecular complexity index is 1160. The first-order valence-electron chi connectivity index (χ1n) is 13.3. The van der Waals surface area contributed by atoms with Gasteiger partial charge in [-0.3, -0.25) is 4.79 Å². The van der Waals surface area contributed by atoms with Crippen LogP contribution in [0.4, 0.5) is 5.69 Å². The van der Waals surface area contributed by atoms with Crippen LogP contribution in [0.3, 0.4) is 0 Å². The van der Waals surface area contributed by atoms with Crippen LogP contribution in [0.2, 0.25) is 0 Å². The summed E-state index contributed by atoms with van der Waals surface area (Å²) in [6.07, 6.45) is 2.82. The zero-order valence-electron chi connectivity index (χ0n) is 21.5. The highest BCUT2D eigenvalue weighted by Crippen LogP contribution is 2.36. The lowest BCUT2D eigenvalue weighted by Crippen LogP contribution is -2.56. The third-order valence-corrected chi connectivity index (χ3v) is 7.97. The molecule has 1 amide bonds. The summed E-state index contributed by atoms with van der Waals surface area (Å²) in [6, 6.07) is 28.0. The van der Waals surface area contributed by atoms with E-state index in [1.807, 2.05) is 6.07 Å². The van der Waals surface area contributed by atoms with Crippen LogP contribution >= 0.6 is 0 Å². The summed E-state index contributed by atoms with van der Waals surface area (Å²) in [6.45, 7) is 8.87. The number of likely N-dealkylation sites (tertiary alicyclic amines) is 1. The van der Waals surface area contributed by atoms with Gasteiger partial charge in [-0.05, 0) is 75.0 Å². The van der Waals surface area contributed by atoms with Gasteiger partial charge in [0.2, 0.25) is 5.91 Å². The molecule has 0 aliphatic carbocycles. The molecular formula is C31H38N4O. The van der Waals surface area contributed by atoms with Gasteiger partial charge in [0.1, 0.15) is 5.54 Å². The van der Waals surface area contributed by atoms with Crippen molar-refractivity contribution >= 4 is 11.6 Å². The summed E-state index contributed by atoms with van der Waals surface area (Å²) < 4.78 is 0. The molecule has 5 rings (SSSR count). The van der Waals surface area contributed by atoms with Crippen molar-refractivity contribution in [2.24, 2.45) is 0 Å². The Morgan fingerprint density at radius 3 is 2.36 bits per heavy atom. The summed E-state index contributed by atoms with van der Waals surface area (Å²) in [4.78, 5) is 17.7. The van der Waals surface area contributed by atoms with Crippen LogP contribution in [-0.4, -0.2) is 49.2 Å². The molecule has 2 saturated heterocycles. The maximum atomic E-state index is 12.9. The van der Waals surface area contributed by atoms with E-state index in [-0.39, 0.29) is 11.9 Å². The number of anilines is 1. The standard InChI is InChI=1S/C31H38N4O/c1-24-14-15-25(2)28(22-24)29(26-10-5-3-6-11-26)32-18-9-19-34-20-16-31(17-21-34)30(36)33-23-35(31)27-12-7-4-8-13-27/h3-8,10-15,22,29,32H,9,16-21,23H2,1-2H3,(H,33,36). The maximum Gasteiger partial charge on any atom is 0.247 e. The zero-order valence-corrected chi connectivity index (χ0v) is 21.5. The molecule has 2 aliphatic heterocycles. The van der Waals surface area contributed by atoms with Gasteiger partial charge >= 0.3 is 0 Å². The average Bonchev–Trinajstić information content (AvgIpc) is 3.23. The molecule has 1 atom stereocenters. The first-order valence-corrected chi connectivity index (χ1v) is 13.3. The molecule has 0 radical (unpaired) electrons. The molecule has 0 bridgehead atoms. The van der Waals surface area contributed by atoms with Gasteiger partial charge in [-0.25, -0.2) is 0 Å². The molecule has 2 fully saturated rings. The Labute approximate surface area is 215 Å². The normalized spacial score (nSPS) is 18.4. The fourth-order valence-electron chi connectivity index (χ4n) is 5.85. The van der Waals surface area contributed by atoms with Gasteiger partial charge in [-0.15, -0.1) is 0 Å². The molecule has 0 saturated carbocycles. The van der Waals surface area contributed by atoms with Crippen molar-refractivity contribution in [3.63, 3.8) is 0 Å². The van der Waals surface area contributed by atoms with Crippen molar-refractivity contribution in [3.8, 4) is 0 Å². The monoisotopic (exact) mass is 482 g/mol. The fourth-order valence-corrected chi connectivity index (χ4v) is 5.85. The highest BCUT2D eigenvalue weighted by molar-refractivity contribution is 5.93. The van der Waals surface area contributed by atoms with E-state index in [1.54, 1.807) is 0 Å². The Morgan fingerprint density at radius 1 is 0.944 bits per heavy atom. The number of amides is 1. The molecule has 3 aromatic carbocycles. The van der Waals surface area contributed by atoms with Crippen molar-refractivity contribution in [2.45, 2.75) is 44.7 Å². The van der Waals surface area contributed by atoms with Crippen LogP contribution in [0.1, 0.15) is 47.6 Å². The summed E-state index contributed by atoms with van der Waals surface area (Å²) in [5.74, 6) is 0.187. The van der Waals surface area contributed by atoms with Crippen molar-refractivity contribution in [3.05, 3.63) is 101 Å². The first kappa shape index (κ1) is 24.5. The molecule has 1 unspecified atom stereocenters. The Balaban J connectivity index is 1.18. The molecule has 5 nitrogen and oxygen atoms in total. The number of carbonyl (C=O) groups excluding carboxylic acids is 1. The predicted octanol–water partition coefficient (Wildman–Crippen LogP) is 4.80. The molecular weight excluding hydrogens is 444 g/mol. The summed E-state index contributed by atoms with van der Waals surface area (Å²) in [7, 11) is 0. The molecule has 1 spiro atoms. The molecule has 2 N–H and O–H groups in total. The minimum Gasteiger partial charge on any atom is -0.339 e. The second-order valence-corrected chi connectivity index (χ2v) is 10.3. The van der Waals surface area contributed by atoms with Crippen LogP contribution in [0, 0.1) is 13.8 Å². The molecule has 2 aliphatic rings. The maximum absolute atomic E-state index is 12.9. The van der Waals surface area contributed by atoms with Gasteiger partial charge in [0.15, 0.2) is 0 Å². The lowest BCUT2D eigenvalue weighted by atomic mass is 9.85. The van der Waals surface area contributed by atoms with E-state index < -0.39 is 5.54 Å². The number of carbonyl (C=O) groups is 1. The number of hydrogen-bond acceptors (Lipinski definition) is 4. The molecule has 188 valence electrons. The predicted molar refractivity (Wildman–Crippen MR) is 147 cm³/mol. The largest absolute Gasteiger partial charge is 0.339 e. The molecule has 3 aromatic rings. The number of piperidine rings is 1. The van der Waals surface area contributed by atoms with Crippen molar-refractivity contribution in [1.82, 2.24) is 15.5 Å². The van der Waals surface area contributed by atoms with E-state index in [4.69, 9.17) is 0 Å². The minimum atomic E-state index is -0.406. The summed E-state index contributed by atoms with van der Waals surface area (Å²) >= 11 is 0. The third kappa shape index (κ3) is 5.04. The minimum absolute atomic E-state index is 0.187. The number of hydrogen-bond donors (Lipinski definition) is 2. The fraction of sp³-hybridized carbons (Fsp3) is 0.387. The SMILES string of the molecule is Cc1ccc(C)c(C(NCCCN2CCC3(CC2)C(=O)NCN3c2ccccc2)c2ccccc2)c1. The van der Waals surface area contributed by atoms with Crippen LogP contribution < -0.4 is 15.5 Å². The van der Waals surface area contributed by atoms with Gasteiger partial charge in [0.25, 0.3) is 0 Å². The lowest BCUT2D eigenvalue weighted by molar-refractivity contribution is -0.125. The van der Waals surface area contributed by atoms with Gasteiger partial charge in [0, 0.05) is 18.8 Å². The smallest absolute Gasteiger partial charge is 0.247 e.